The Balaban J connectivity index is 1.99. The van der Waals surface area contributed by atoms with Crippen molar-refractivity contribution in [3.8, 4) is 5.75 Å². The number of likely N-dealkylation sites (N-methyl/N-ethyl adjacent to an activating group) is 1. The highest BCUT2D eigenvalue weighted by Crippen LogP contribution is 2.20. The third-order valence-corrected chi connectivity index (χ3v) is 3.86. The average Bonchev–Trinajstić information content (AvgIpc) is 2.48. The van der Waals surface area contributed by atoms with E-state index in [0.717, 1.165) is 32.1 Å². The van der Waals surface area contributed by atoms with Crippen LogP contribution >= 0.6 is 0 Å². The summed E-state index contributed by atoms with van der Waals surface area (Å²) < 4.78 is 11.0. The molecule has 0 radical (unpaired) electrons. The van der Waals surface area contributed by atoms with Crippen LogP contribution in [0.5, 0.6) is 5.75 Å². The number of morpholine rings is 1. The normalized spacial score (nSPS) is 21.6. The molecular weight excluding hydrogens is 252 g/mol. The van der Waals surface area contributed by atoms with Gasteiger partial charge in [-0.1, -0.05) is 12.1 Å². The molecule has 4 nitrogen and oxygen atoms in total. The molecule has 0 amide bonds. The lowest BCUT2D eigenvalue weighted by molar-refractivity contribution is -0.00416. The molecule has 112 valence electrons. The molecule has 1 N–H and O–H groups in total. The minimum absolute atomic E-state index is 0.339. The molecule has 0 bridgehead atoms. The first kappa shape index (κ1) is 15.3. The van der Waals surface area contributed by atoms with Gasteiger partial charge >= 0.3 is 0 Å². The minimum Gasteiger partial charge on any atom is -0.494 e. The number of nitrogens with one attached hydrogen (secondary N) is 1. The smallest absolute Gasteiger partial charge is 0.119 e. The number of benzene rings is 1. The second kappa shape index (κ2) is 7.62. The first-order chi connectivity index (χ1) is 9.74. The Morgan fingerprint density at radius 2 is 2.15 bits per heavy atom. The summed E-state index contributed by atoms with van der Waals surface area (Å²) in [7, 11) is 2.02. The maximum absolute atomic E-state index is 5.50. The molecule has 0 saturated carbocycles. The SMILES string of the molecule is CCOc1ccc(C(CN2CCOCC2C)NC)cc1. The van der Waals surface area contributed by atoms with Crippen molar-refractivity contribution >= 4 is 0 Å². The van der Waals surface area contributed by atoms with E-state index < -0.39 is 0 Å². The monoisotopic (exact) mass is 278 g/mol. The van der Waals surface area contributed by atoms with Gasteiger partial charge in [-0.2, -0.15) is 0 Å². The fourth-order valence-electron chi connectivity index (χ4n) is 2.59. The molecule has 1 heterocycles. The molecule has 2 atom stereocenters. The van der Waals surface area contributed by atoms with Crippen molar-refractivity contribution in [2.75, 3.05) is 40.0 Å². The van der Waals surface area contributed by atoms with E-state index in [2.05, 4.69) is 29.3 Å². The maximum atomic E-state index is 5.50. The first-order valence-corrected chi connectivity index (χ1v) is 7.46. The molecule has 1 aliphatic heterocycles. The predicted octanol–water partition coefficient (Wildman–Crippen LogP) is 2.07. The van der Waals surface area contributed by atoms with Crippen LogP contribution in [-0.2, 0) is 4.74 Å². The van der Waals surface area contributed by atoms with Crippen molar-refractivity contribution in [1.82, 2.24) is 10.2 Å². The fourth-order valence-corrected chi connectivity index (χ4v) is 2.59. The predicted molar refractivity (Wildman–Crippen MR) is 81.3 cm³/mol. The molecule has 4 heteroatoms. The van der Waals surface area contributed by atoms with E-state index >= 15 is 0 Å². The van der Waals surface area contributed by atoms with Crippen LogP contribution in [-0.4, -0.2) is 50.9 Å². The highest BCUT2D eigenvalue weighted by molar-refractivity contribution is 5.29. The average molecular weight is 278 g/mol. The van der Waals surface area contributed by atoms with Crippen LogP contribution in [0.15, 0.2) is 24.3 Å². The molecule has 1 fully saturated rings. The van der Waals surface area contributed by atoms with Gasteiger partial charge in [0.25, 0.3) is 0 Å². The van der Waals surface area contributed by atoms with Gasteiger partial charge in [-0.3, -0.25) is 4.90 Å². The number of nitrogens with zero attached hydrogens (tertiary/aromatic N) is 1. The summed E-state index contributed by atoms with van der Waals surface area (Å²) in [6, 6.07) is 9.22. The van der Waals surface area contributed by atoms with E-state index in [-0.39, 0.29) is 0 Å². The van der Waals surface area contributed by atoms with E-state index in [0.29, 0.717) is 18.7 Å². The van der Waals surface area contributed by atoms with Crippen molar-refractivity contribution in [2.45, 2.75) is 25.9 Å². The Labute approximate surface area is 122 Å². The third-order valence-electron chi connectivity index (χ3n) is 3.86. The number of hydrogen-bond donors (Lipinski definition) is 1. The molecular formula is C16H26N2O2. The number of rotatable bonds is 6. The quantitative estimate of drug-likeness (QED) is 0.863. The molecule has 1 aromatic rings. The van der Waals surface area contributed by atoms with Gasteiger partial charge in [-0.15, -0.1) is 0 Å². The van der Waals surface area contributed by atoms with Crippen LogP contribution in [0.25, 0.3) is 0 Å². The van der Waals surface area contributed by atoms with E-state index in [4.69, 9.17) is 9.47 Å². The molecule has 20 heavy (non-hydrogen) atoms. The number of ether oxygens (including phenoxy) is 2. The van der Waals surface area contributed by atoms with Gasteiger partial charge in [0, 0.05) is 25.2 Å². The zero-order valence-electron chi connectivity index (χ0n) is 12.8. The summed E-state index contributed by atoms with van der Waals surface area (Å²) >= 11 is 0. The zero-order valence-corrected chi connectivity index (χ0v) is 12.8. The fraction of sp³-hybridized carbons (Fsp3) is 0.625. The van der Waals surface area contributed by atoms with Crippen LogP contribution in [0.2, 0.25) is 0 Å². The van der Waals surface area contributed by atoms with Crippen LogP contribution in [0.3, 0.4) is 0 Å². The van der Waals surface area contributed by atoms with E-state index in [1.165, 1.54) is 5.56 Å². The largest absolute Gasteiger partial charge is 0.494 e. The molecule has 2 unspecified atom stereocenters. The van der Waals surface area contributed by atoms with Crippen molar-refractivity contribution < 1.29 is 9.47 Å². The highest BCUT2D eigenvalue weighted by Gasteiger charge is 2.22. The van der Waals surface area contributed by atoms with Crippen LogP contribution in [0.4, 0.5) is 0 Å². The molecule has 1 aromatic carbocycles. The maximum Gasteiger partial charge on any atom is 0.119 e. The van der Waals surface area contributed by atoms with Crippen LogP contribution in [0.1, 0.15) is 25.5 Å². The summed E-state index contributed by atoms with van der Waals surface area (Å²) in [6.07, 6.45) is 0. The van der Waals surface area contributed by atoms with Crippen molar-refractivity contribution in [3.63, 3.8) is 0 Å². The summed E-state index contributed by atoms with van der Waals surface area (Å²) in [4.78, 5) is 2.49. The zero-order chi connectivity index (χ0) is 14.4. The molecule has 1 saturated heterocycles. The molecule has 0 aromatic heterocycles. The van der Waals surface area contributed by atoms with Crippen molar-refractivity contribution in [3.05, 3.63) is 29.8 Å². The summed E-state index contributed by atoms with van der Waals surface area (Å²) in [6.45, 7) is 8.63. The third kappa shape index (κ3) is 3.95. The van der Waals surface area contributed by atoms with Crippen LogP contribution < -0.4 is 10.1 Å². The van der Waals surface area contributed by atoms with Gasteiger partial charge in [-0.05, 0) is 38.6 Å². The standard InChI is InChI=1S/C16H26N2O2/c1-4-20-15-7-5-14(6-8-15)16(17-3)11-18-9-10-19-12-13(18)2/h5-8,13,16-17H,4,9-12H2,1-3H3. The Bertz CT molecular complexity index is 394. The van der Waals surface area contributed by atoms with Crippen molar-refractivity contribution in [1.29, 1.82) is 0 Å². The summed E-state index contributed by atoms with van der Waals surface area (Å²) in [5.74, 6) is 0.936. The second-order valence-corrected chi connectivity index (χ2v) is 5.26. The van der Waals surface area contributed by atoms with Crippen molar-refractivity contribution in [2.24, 2.45) is 0 Å². The topological polar surface area (TPSA) is 33.7 Å². The van der Waals surface area contributed by atoms with E-state index in [1.54, 1.807) is 0 Å². The second-order valence-electron chi connectivity index (χ2n) is 5.26. The summed E-state index contributed by atoms with van der Waals surface area (Å²) in [5, 5.41) is 3.41. The van der Waals surface area contributed by atoms with E-state index in [1.807, 2.05) is 26.1 Å². The molecule has 0 aliphatic carbocycles. The van der Waals surface area contributed by atoms with E-state index in [9.17, 15) is 0 Å². The van der Waals surface area contributed by atoms with Gasteiger partial charge in [0.2, 0.25) is 0 Å². The lowest BCUT2D eigenvalue weighted by atomic mass is 10.1. The van der Waals surface area contributed by atoms with Gasteiger partial charge < -0.3 is 14.8 Å². The number of hydrogen-bond acceptors (Lipinski definition) is 4. The highest BCUT2D eigenvalue weighted by atomic mass is 16.5. The lowest BCUT2D eigenvalue weighted by Gasteiger charge is -2.35. The van der Waals surface area contributed by atoms with Gasteiger partial charge in [0.1, 0.15) is 5.75 Å². The lowest BCUT2D eigenvalue weighted by Crippen LogP contribution is -2.46. The minimum atomic E-state index is 0.339. The van der Waals surface area contributed by atoms with Gasteiger partial charge in [0.15, 0.2) is 0 Å². The summed E-state index contributed by atoms with van der Waals surface area (Å²) in [5.41, 5.74) is 1.30. The Kier molecular flexibility index (Phi) is 5.83. The Morgan fingerprint density at radius 3 is 2.75 bits per heavy atom. The molecule has 0 spiro atoms. The van der Waals surface area contributed by atoms with Crippen LogP contribution in [0, 0.1) is 0 Å². The Morgan fingerprint density at radius 1 is 1.40 bits per heavy atom. The van der Waals surface area contributed by atoms with Gasteiger partial charge in [0.05, 0.1) is 19.8 Å². The molecule has 2 rings (SSSR count). The van der Waals surface area contributed by atoms with Gasteiger partial charge in [-0.25, -0.2) is 0 Å². The Hall–Kier alpha value is -1.10. The first-order valence-electron chi connectivity index (χ1n) is 7.46. The molecule has 1 aliphatic rings.